The molecule has 38 heavy (non-hydrogen) atoms. The summed E-state index contributed by atoms with van der Waals surface area (Å²) in [6, 6.07) is 26.7. The van der Waals surface area contributed by atoms with Gasteiger partial charge in [0, 0.05) is 23.3 Å². The summed E-state index contributed by atoms with van der Waals surface area (Å²) in [5, 5.41) is 12.7. The Morgan fingerprint density at radius 2 is 1.71 bits per heavy atom. The Balaban J connectivity index is 1.56. The first kappa shape index (κ1) is 24.7. The predicted octanol–water partition coefficient (Wildman–Crippen LogP) is 6.54. The van der Waals surface area contributed by atoms with Crippen molar-refractivity contribution >= 4 is 22.5 Å². The molecule has 0 spiro atoms. The van der Waals surface area contributed by atoms with Gasteiger partial charge in [0.05, 0.1) is 11.6 Å². The van der Waals surface area contributed by atoms with E-state index in [2.05, 4.69) is 33.1 Å². The lowest BCUT2D eigenvalue weighted by molar-refractivity contribution is 0.102. The van der Waals surface area contributed by atoms with Crippen LogP contribution in [0.3, 0.4) is 0 Å². The van der Waals surface area contributed by atoms with Gasteiger partial charge in [0.1, 0.15) is 23.6 Å². The third-order valence-corrected chi connectivity index (χ3v) is 6.56. The fourth-order valence-electron chi connectivity index (χ4n) is 4.36. The van der Waals surface area contributed by atoms with Crippen molar-refractivity contribution in [1.29, 1.82) is 5.26 Å². The van der Waals surface area contributed by atoms with Crippen molar-refractivity contribution in [1.82, 2.24) is 9.55 Å². The number of hydrogen-bond acceptors (Lipinski definition) is 4. The number of fused-ring (bicyclic) bond motifs is 1. The number of amides is 1. The van der Waals surface area contributed by atoms with Crippen molar-refractivity contribution in [2.75, 3.05) is 5.32 Å². The topological polar surface area (TPSA) is 79.9 Å². The van der Waals surface area contributed by atoms with Crippen molar-refractivity contribution in [2.45, 2.75) is 27.0 Å². The Morgan fingerprint density at radius 1 is 1.00 bits per heavy atom. The van der Waals surface area contributed by atoms with Gasteiger partial charge in [-0.2, -0.15) is 5.26 Å². The average Bonchev–Trinajstić information content (AvgIpc) is 3.18. The SMILES string of the molecule is Cc1c(C)n(Cc2ccccc2)c2c(OCc3ccc(F)cc3)nc(C(=O)Nc3ccc(C#N)cc3)cc12. The van der Waals surface area contributed by atoms with E-state index in [1.807, 2.05) is 32.0 Å². The van der Waals surface area contributed by atoms with Crippen LogP contribution in [-0.2, 0) is 13.2 Å². The van der Waals surface area contributed by atoms with Gasteiger partial charge in [-0.15, -0.1) is 0 Å². The van der Waals surface area contributed by atoms with Crippen molar-refractivity contribution < 1.29 is 13.9 Å². The Labute approximate surface area is 219 Å². The van der Waals surface area contributed by atoms with Gasteiger partial charge in [-0.3, -0.25) is 4.79 Å². The number of aromatic nitrogens is 2. The highest BCUT2D eigenvalue weighted by Gasteiger charge is 2.21. The van der Waals surface area contributed by atoms with E-state index in [1.54, 1.807) is 42.5 Å². The first-order valence-corrected chi connectivity index (χ1v) is 12.2. The molecule has 0 radical (unpaired) electrons. The molecule has 1 N–H and O–H groups in total. The molecule has 5 aromatic rings. The zero-order valence-electron chi connectivity index (χ0n) is 21.0. The summed E-state index contributed by atoms with van der Waals surface area (Å²) in [7, 11) is 0. The molecule has 1 amide bonds. The molecule has 5 rings (SSSR count). The van der Waals surface area contributed by atoms with Gasteiger partial charge in [-0.25, -0.2) is 9.37 Å². The van der Waals surface area contributed by atoms with Crippen molar-refractivity contribution in [3.63, 3.8) is 0 Å². The Bertz CT molecular complexity index is 1650. The molecule has 0 aliphatic heterocycles. The number of pyridine rings is 1. The number of nitrogens with zero attached hydrogens (tertiary/aromatic N) is 3. The minimum atomic E-state index is -0.392. The molecule has 2 heterocycles. The zero-order valence-corrected chi connectivity index (χ0v) is 21.0. The number of nitriles is 1. The highest BCUT2D eigenvalue weighted by molar-refractivity contribution is 6.06. The minimum Gasteiger partial charge on any atom is -0.471 e. The van der Waals surface area contributed by atoms with E-state index in [4.69, 9.17) is 10.00 Å². The molecule has 0 aliphatic rings. The number of aryl methyl sites for hydroxylation is 1. The van der Waals surface area contributed by atoms with E-state index < -0.39 is 5.91 Å². The second-order valence-corrected chi connectivity index (χ2v) is 9.05. The summed E-state index contributed by atoms with van der Waals surface area (Å²) < 4.78 is 21.8. The number of anilines is 1. The summed E-state index contributed by atoms with van der Waals surface area (Å²) in [4.78, 5) is 17.9. The number of hydrogen-bond donors (Lipinski definition) is 1. The summed E-state index contributed by atoms with van der Waals surface area (Å²) in [5.41, 5.74) is 6.03. The van der Waals surface area contributed by atoms with Crippen LogP contribution >= 0.6 is 0 Å². The summed E-state index contributed by atoms with van der Waals surface area (Å²) in [6.07, 6.45) is 0. The lowest BCUT2D eigenvalue weighted by atomic mass is 10.1. The lowest BCUT2D eigenvalue weighted by Crippen LogP contribution is -2.15. The van der Waals surface area contributed by atoms with Crippen LogP contribution in [0.2, 0.25) is 0 Å². The normalized spacial score (nSPS) is 10.8. The Kier molecular flexibility index (Phi) is 6.88. The molecule has 0 saturated carbocycles. The van der Waals surface area contributed by atoms with Crippen LogP contribution in [0.15, 0.2) is 84.9 Å². The number of ether oxygens (including phenoxy) is 1. The molecule has 2 aromatic heterocycles. The third kappa shape index (κ3) is 5.11. The molecule has 0 unspecified atom stereocenters. The zero-order chi connectivity index (χ0) is 26.6. The lowest BCUT2D eigenvalue weighted by Gasteiger charge is -2.14. The first-order chi connectivity index (χ1) is 18.4. The van der Waals surface area contributed by atoms with Crippen LogP contribution in [0.4, 0.5) is 10.1 Å². The number of carbonyl (C=O) groups is 1. The Morgan fingerprint density at radius 3 is 2.39 bits per heavy atom. The van der Waals surface area contributed by atoms with Crippen LogP contribution in [0, 0.1) is 31.0 Å². The maximum Gasteiger partial charge on any atom is 0.274 e. The monoisotopic (exact) mass is 504 g/mol. The first-order valence-electron chi connectivity index (χ1n) is 12.2. The Hall–Kier alpha value is -4.96. The van der Waals surface area contributed by atoms with Gasteiger partial charge in [0.2, 0.25) is 5.88 Å². The fourth-order valence-corrected chi connectivity index (χ4v) is 4.36. The standard InChI is InChI=1S/C31H25FN4O2/c1-20-21(2)36(18-23-6-4-3-5-7-23)29-27(20)16-28(30(37)34-26-14-10-22(17-33)11-15-26)35-31(29)38-19-24-8-12-25(32)13-9-24/h3-16H,18-19H2,1-2H3,(H,34,37). The molecule has 0 saturated heterocycles. The molecule has 6 nitrogen and oxygen atoms in total. The largest absolute Gasteiger partial charge is 0.471 e. The van der Waals surface area contributed by atoms with Crippen molar-refractivity contribution in [2.24, 2.45) is 0 Å². The smallest absolute Gasteiger partial charge is 0.274 e. The third-order valence-electron chi connectivity index (χ3n) is 6.56. The molecule has 188 valence electrons. The summed E-state index contributed by atoms with van der Waals surface area (Å²) >= 11 is 0. The molecular weight excluding hydrogens is 479 g/mol. The molecule has 0 atom stereocenters. The number of nitrogens with one attached hydrogen (secondary N) is 1. The number of halogens is 1. The molecule has 3 aromatic carbocycles. The van der Waals surface area contributed by atoms with E-state index in [0.717, 1.165) is 33.3 Å². The molecule has 0 bridgehead atoms. The van der Waals surface area contributed by atoms with Gasteiger partial charge in [0.15, 0.2) is 0 Å². The fraction of sp³-hybridized carbons (Fsp3) is 0.129. The van der Waals surface area contributed by atoms with Crippen LogP contribution < -0.4 is 10.1 Å². The highest BCUT2D eigenvalue weighted by Crippen LogP contribution is 2.33. The van der Waals surface area contributed by atoms with E-state index in [-0.39, 0.29) is 18.1 Å². The van der Waals surface area contributed by atoms with Crippen LogP contribution in [0.5, 0.6) is 5.88 Å². The predicted molar refractivity (Wildman–Crippen MR) is 145 cm³/mol. The number of rotatable bonds is 7. The maximum absolute atomic E-state index is 13.4. The summed E-state index contributed by atoms with van der Waals surface area (Å²) in [5.74, 6) is -0.390. The number of carbonyl (C=O) groups excluding carboxylic acids is 1. The molecule has 0 fully saturated rings. The van der Waals surface area contributed by atoms with E-state index >= 15 is 0 Å². The van der Waals surface area contributed by atoms with E-state index in [1.165, 1.54) is 12.1 Å². The van der Waals surface area contributed by atoms with E-state index in [9.17, 15) is 9.18 Å². The average molecular weight is 505 g/mol. The van der Waals surface area contributed by atoms with E-state index in [0.29, 0.717) is 23.7 Å². The van der Waals surface area contributed by atoms with Gasteiger partial charge in [0.25, 0.3) is 5.91 Å². The molecule has 0 aliphatic carbocycles. The van der Waals surface area contributed by atoms with Crippen LogP contribution in [0.1, 0.15) is 38.4 Å². The molecular formula is C31H25FN4O2. The maximum atomic E-state index is 13.4. The van der Waals surface area contributed by atoms with Gasteiger partial charge >= 0.3 is 0 Å². The highest BCUT2D eigenvalue weighted by atomic mass is 19.1. The van der Waals surface area contributed by atoms with Crippen molar-refractivity contribution in [3.05, 3.63) is 124 Å². The van der Waals surface area contributed by atoms with Crippen LogP contribution in [0.25, 0.3) is 10.9 Å². The summed E-state index contributed by atoms with van der Waals surface area (Å²) in [6.45, 7) is 4.84. The second kappa shape index (κ2) is 10.6. The van der Waals surface area contributed by atoms with Gasteiger partial charge in [-0.1, -0.05) is 42.5 Å². The molecule has 7 heteroatoms. The van der Waals surface area contributed by atoms with Gasteiger partial charge < -0.3 is 14.6 Å². The number of benzene rings is 3. The van der Waals surface area contributed by atoms with Crippen LogP contribution in [-0.4, -0.2) is 15.5 Å². The second-order valence-electron chi connectivity index (χ2n) is 9.05. The van der Waals surface area contributed by atoms with Gasteiger partial charge in [-0.05, 0) is 73.0 Å². The quantitative estimate of drug-likeness (QED) is 0.273. The minimum absolute atomic E-state index is 0.164. The van der Waals surface area contributed by atoms with Crippen molar-refractivity contribution in [3.8, 4) is 11.9 Å².